The molecule has 2 aliphatic rings. The van der Waals surface area contributed by atoms with Crippen molar-refractivity contribution in [3.8, 4) is 0 Å². The van der Waals surface area contributed by atoms with Crippen molar-refractivity contribution in [2.45, 2.75) is 11.8 Å². The zero-order valence-corrected chi connectivity index (χ0v) is 20.5. The minimum absolute atomic E-state index is 0.0431. The molecule has 3 aromatic rings. The Hall–Kier alpha value is -3.58. The molecule has 2 amide bonds. The Balaban J connectivity index is 1.30. The third-order valence-corrected chi connectivity index (χ3v) is 7.48. The van der Waals surface area contributed by atoms with Crippen molar-refractivity contribution in [3.05, 3.63) is 94.1 Å². The number of likely N-dealkylation sites (N-methyl/N-ethyl adjacent to an activating group) is 1. The lowest BCUT2D eigenvalue weighted by atomic mass is 10.1. The van der Waals surface area contributed by atoms with Crippen molar-refractivity contribution >= 4 is 41.0 Å². The normalized spacial score (nSPS) is 17.1. The highest BCUT2D eigenvalue weighted by atomic mass is 32.2. The average molecular weight is 488 g/mol. The largest absolute Gasteiger partial charge is 0.368 e. The van der Waals surface area contributed by atoms with Crippen molar-refractivity contribution in [2.24, 2.45) is 0 Å². The number of piperazine rings is 1. The molecular weight excluding hydrogens is 461 g/mol. The zero-order chi connectivity index (χ0) is 24.5. The molecule has 35 heavy (non-hydrogen) atoms. The smallest absolute Gasteiger partial charge is 0.264 e. The number of aryl methyl sites for hydroxylation is 1. The molecule has 0 N–H and O–H groups in total. The number of thioether (sulfide) groups is 1. The highest BCUT2D eigenvalue weighted by molar-refractivity contribution is 8.04. The summed E-state index contributed by atoms with van der Waals surface area (Å²) in [4.78, 5) is 33.5. The topological polar surface area (TPSA) is 43.9 Å². The summed E-state index contributed by atoms with van der Waals surface area (Å²) >= 11 is 1.44. The van der Waals surface area contributed by atoms with E-state index in [0.29, 0.717) is 36.6 Å². The fourth-order valence-corrected chi connectivity index (χ4v) is 5.53. The van der Waals surface area contributed by atoms with Gasteiger partial charge in [0.25, 0.3) is 11.8 Å². The van der Waals surface area contributed by atoms with Gasteiger partial charge in [0.15, 0.2) is 0 Å². The quantitative estimate of drug-likeness (QED) is 0.476. The molecule has 1 fully saturated rings. The predicted octanol–water partition coefficient (Wildman–Crippen LogP) is 5.21. The number of halogens is 1. The van der Waals surface area contributed by atoms with Crippen LogP contribution in [0.5, 0.6) is 0 Å². The molecule has 0 unspecified atom stereocenters. The van der Waals surface area contributed by atoms with Gasteiger partial charge in [-0.2, -0.15) is 0 Å². The van der Waals surface area contributed by atoms with E-state index in [1.807, 2.05) is 60.4 Å². The lowest BCUT2D eigenvalue weighted by molar-refractivity contribution is -0.114. The number of rotatable bonds is 3. The molecule has 0 saturated carbocycles. The van der Waals surface area contributed by atoms with Crippen molar-refractivity contribution < 1.29 is 14.0 Å². The number of benzene rings is 3. The summed E-state index contributed by atoms with van der Waals surface area (Å²) in [6.45, 7) is 4.56. The van der Waals surface area contributed by atoms with E-state index in [4.69, 9.17) is 0 Å². The average Bonchev–Trinajstić information content (AvgIpc) is 2.87. The molecule has 0 bridgehead atoms. The van der Waals surface area contributed by atoms with Crippen LogP contribution in [0.4, 0.5) is 15.8 Å². The van der Waals surface area contributed by atoms with E-state index in [9.17, 15) is 14.0 Å². The van der Waals surface area contributed by atoms with Crippen LogP contribution in [0.25, 0.3) is 6.08 Å². The molecule has 0 radical (unpaired) electrons. The van der Waals surface area contributed by atoms with Gasteiger partial charge in [0, 0.05) is 49.4 Å². The molecule has 0 aromatic heterocycles. The maximum absolute atomic E-state index is 13.2. The van der Waals surface area contributed by atoms with E-state index in [0.717, 1.165) is 27.4 Å². The number of carbonyl (C=O) groups excluding carboxylic acids is 2. The van der Waals surface area contributed by atoms with Crippen LogP contribution in [0.2, 0.25) is 0 Å². The van der Waals surface area contributed by atoms with Crippen LogP contribution < -0.4 is 9.80 Å². The van der Waals surface area contributed by atoms with Crippen LogP contribution in [0.1, 0.15) is 21.5 Å². The third-order valence-electron chi connectivity index (χ3n) is 6.40. The summed E-state index contributed by atoms with van der Waals surface area (Å²) in [6, 6.07) is 20.1. The minimum atomic E-state index is -0.255. The maximum Gasteiger partial charge on any atom is 0.264 e. The van der Waals surface area contributed by atoms with E-state index in [-0.39, 0.29) is 17.6 Å². The number of anilines is 2. The first kappa shape index (κ1) is 23.2. The number of fused-ring (bicyclic) bond motifs is 1. The summed E-state index contributed by atoms with van der Waals surface area (Å²) < 4.78 is 13.2. The number of carbonyl (C=O) groups is 2. The highest BCUT2D eigenvalue weighted by Crippen LogP contribution is 2.42. The lowest BCUT2D eigenvalue weighted by Crippen LogP contribution is -2.48. The van der Waals surface area contributed by atoms with Crippen molar-refractivity contribution in [1.82, 2.24) is 4.90 Å². The molecule has 3 aromatic carbocycles. The standard InChI is InChI=1S/C28H26FN3O2S/c1-19-4-3-5-20(16-19)17-26-28(34)30(2)24-18-21(6-11-25(24)35-26)27(33)32-14-12-31(13-15-32)23-9-7-22(29)8-10-23/h3-11,16-18H,12-15H2,1-2H3/b26-17-. The zero-order valence-electron chi connectivity index (χ0n) is 19.7. The molecule has 5 rings (SSSR count). The van der Waals surface area contributed by atoms with E-state index >= 15 is 0 Å². The second kappa shape index (κ2) is 9.58. The molecule has 2 heterocycles. The summed E-state index contributed by atoms with van der Waals surface area (Å²) in [5.74, 6) is -0.380. The van der Waals surface area contributed by atoms with Gasteiger partial charge in [0.1, 0.15) is 5.82 Å². The monoisotopic (exact) mass is 487 g/mol. The molecule has 0 spiro atoms. The second-order valence-corrected chi connectivity index (χ2v) is 9.91. The summed E-state index contributed by atoms with van der Waals surface area (Å²) in [5.41, 5.74) is 4.41. The van der Waals surface area contributed by atoms with E-state index < -0.39 is 0 Å². The fraction of sp³-hybridized carbons (Fsp3) is 0.214. The van der Waals surface area contributed by atoms with Crippen molar-refractivity contribution in [2.75, 3.05) is 43.0 Å². The Kier molecular flexibility index (Phi) is 6.34. The van der Waals surface area contributed by atoms with Gasteiger partial charge in [-0.1, -0.05) is 41.6 Å². The lowest BCUT2D eigenvalue weighted by Gasteiger charge is -2.36. The van der Waals surface area contributed by atoms with Gasteiger partial charge in [0.2, 0.25) is 0 Å². The third kappa shape index (κ3) is 4.82. The Morgan fingerprint density at radius 1 is 0.971 bits per heavy atom. The first-order valence-corrected chi connectivity index (χ1v) is 12.4. The summed E-state index contributed by atoms with van der Waals surface area (Å²) in [7, 11) is 1.75. The first-order valence-electron chi connectivity index (χ1n) is 11.6. The number of hydrogen-bond acceptors (Lipinski definition) is 4. The van der Waals surface area contributed by atoms with Crippen molar-refractivity contribution in [3.63, 3.8) is 0 Å². The Bertz CT molecular complexity index is 1310. The van der Waals surface area contributed by atoms with Crippen LogP contribution in [-0.2, 0) is 4.79 Å². The maximum atomic E-state index is 13.2. The molecule has 1 saturated heterocycles. The van der Waals surface area contributed by atoms with Gasteiger partial charge in [0.05, 0.1) is 10.6 Å². The highest BCUT2D eigenvalue weighted by Gasteiger charge is 2.29. The SMILES string of the molecule is Cc1cccc(/C=C2\Sc3ccc(C(=O)N4CCN(c5ccc(F)cc5)CC4)cc3N(C)C2=O)c1. The Labute approximate surface area is 208 Å². The van der Waals surface area contributed by atoms with E-state index in [1.54, 1.807) is 24.1 Å². The molecule has 178 valence electrons. The Morgan fingerprint density at radius 2 is 1.71 bits per heavy atom. The van der Waals surface area contributed by atoms with Gasteiger partial charge < -0.3 is 14.7 Å². The Morgan fingerprint density at radius 3 is 2.43 bits per heavy atom. The van der Waals surface area contributed by atoms with Crippen LogP contribution in [0.15, 0.2) is 76.5 Å². The molecule has 0 aliphatic carbocycles. The molecular formula is C28H26FN3O2S. The number of hydrogen-bond donors (Lipinski definition) is 0. The first-order chi connectivity index (χ1) is 16.9. The number of amides is 2. The van der Waals surface area contributed by atoms with Gasteiger partial charge in [-0.15, -0.1) is 0 Å². The van der Waals surface area contributed by atoms with Gasteiger partial charge in [-0.25, -0.2) is 4.39 Å². The van der Waals surface area contributed by atoms with Gasteiger partial charge in [-0.3, -0.25) is 9.59 Å². The van der Waals surface area contributed by atoms with Crippen LogP contribution in [0, 0.1) is 12.7 Å². The molecule has 2 aliphatic heterocycles. The molecule has 7 heteroatoms. The van der Waals surface area contributed by atoms with Gasteiger partial charge in [-0.05, 0) is 61.0 Å². The van der Waals surface area contributed by atoms with Crippen molar-refractivity contribution in [1.29, 1.82) is 0 Å². The second-order valence-electron chi connectivity index (χ2n) is 8.83. The van der Waals surface area contributed by atoms with Crippen LogP contribution >= 0.6 is 11.8 Å². The molecule has 5 nitrogen and oxygen atoms in total. The fourth-order valence-electron chi connectivity index (χ4n) is 4.44. The minimum Gasteiger partial charge on any atom is -0.368 e. The summed E-state index contributed by atoms with van der Waals surface area (Å²) in [6.07, 6.45) is 1.92. The predicted molar refractivity (Wildman–Crippen MR) is 139 cm³/mol. The van der Waals surface area contributed by atoms with E-state index in [2.05, 4.69) is 4.90 Å². The van der Waals surface area contributed by atoms with Gasteiger partial charge >= 0.3 is 0 Å². The van der Waals surface area contributed by atoms with E-state index in [1.165, 1.54) is 23.9 Å². The van der Waals surface area contributed by atoms with Crippen LogP contribution in [-0.4, -0.2) is 49.9 Å². The van der Waals surface area contributed by atoms with Crippen LogP contribution in [0.3, 0.4) is 0 Å². The number of nitrogens with zero attached hydrogens (tertiary/aromatic N) is 3. The summed E-state index contributed by atoms with van der Waals surface area (Å²) in [5, 5.41) is 0. The molecule has 0 atom stereocenters.